The number of rotatable bonds is 4. The summed E-state index contributed by atoms with van der Waals surface area (Å²) in [5, 5.41) is 3.53. The molecule has 0 aromatic heterocycles. The number of Topliss-reactive ketones (excluding diaryl/α,β-unsaturated/α-hetero) is 1. The first-order valence-corrected chi connectivity index (χ1v) is 5.44. The average Bonchev–Trinajstić information content (AvgIpc) is 2.04. The van der Waals surface area contributed by atoms with Crippen LogP contribution in [-0.2, 0) is 4.79 Å². The van der Waals surface area contributed by atoms with Crippen LogP contribution in [0.3, 0.4) is 0 Å². The summed E-state index contributed by atoms with van der Waals surface area (Å²) >= 11 is 0. The SMILES string of the molecule is CC(=O)CC(C)NC1CCCCC1. The van der Waals surface area contributed by atoms with Crippen LogP contribution in [0.2, 0.25) is 0 Å². The lowest BCUT2D eigenvalue weighted by molar-refractivity contribution is -0.117. The first-order valence-electron chi connectivity index (χ1n) is 5.44. The fourth-order valence-corrected chi connectivity index (χ4v) is 2.16. The molecule has 1 atom stereocenters. The third kappa shape index (κ3) is 4.41. The summed E-state index contributed by atoms with van der Waals surface area (Å²) < 4.78 is 0. The summed E-state index contributed by atoms with van der Waals surface area (Å²) in [5.74, 6) is 0.288. The normalized spacial score (nSPS) is 21.4. The van der Waals surface area contributed by atoms with E-state index in [1.807, 2.05) is 0 Å². The number of hydrogen-bond donors (Lipinski definition) is 1. The molecule has 76 valence electrons. The molecule has 2 nitrogen and oxygen atoms in total. The van der Waals surface area contributed by atoms with E-state index >= 15 is 0 Å². The van der Waals surface area contributed by atoms with E-state index in [2.05, 4.69) is 12.2 Å². The molecule has 0 radical (unpaired) electrons. The maximum absolute atomic E-state index is 10.9. The Morgan fingerprint density at radius 1 is 1.38 bits per heavy atom. The van der Waals surface area contributed by atoms with Crippen LogP contribution in [0.1, 0.15) is 52.4 Å². The molecule has 0 aromatic rings. The topological polar surface area (TPSA) is 29.1 Å². The third-order valence-electron chi connectivity index (χ3n) is 2.72. The minimum absolute atomic E-state index is 0.288. The van der Waals surface area contributed by atoms with Gasteiger partial charge in [0.1, 0.15) is 5.78 Å². The highest BCUT2D eigenvalue weighted by Crippen LogP contribution is 2.18. The molecule has 1 saturated carbocycles. The Kier molecular flexibility index (Phi) is 4.43. The van der Waals surface area contributed by atoms with Crippen LogP contribution >= 0.6 is 0 Å². The Hall–Kier alpha value is -0.370. The first kappa shape index (κ1) is 10.7. The predicted molar refractivity (Wildman–Crippen MR) is 54.8 cm³/mol. The highest BCUT2D eigenvalue weighted by Gasteiger charge is 2.15. The van der Waals surface area contributed by atoms with Gasteiger partial charge in [0.15, 0.2) is 0 Å². The van der Waals surface area contributed by atoms with Gasteiger partial charge in [-0.2, -0.15) is 0 Å². The van der Waals surface area contributed by atoms with E-state index in [0.717, 1.165) is 0 Å². The van der Waals surface area contributed by atoms with Gasteiger partial charge in [-0.1, -0.05) is 19.3 Å². The van der Waals surface area contributed by atoms with Crippen molar-refractivity contribution in [2.24, 2.45) is 0 Å². The molecule has 0 heterocycles. The van der Waals surface area contributed by atoms with Crippen LogP contribution in [0.5, 0.6) is 0 Å². The third-order valence-corrected chi connectivity index (χ3v) is 2.72. The zero-order valence-electron chi connectivity index (χ0n) is 8.81. The van der Waals surface area contributed by atoms with Gasteiger partial charge in [-0.25, -0.2) is 0 Å². The van der Waals surface area contributed by atoms with E-state index in [9.17, 15) is 4.79 Å². The molecule has 1 rings (SSSR count). The van der Waals surface area contributed by atoms with Gasteiger partial charge in [0.25, 0.3) is 0 Å². The quantitative estimate of drug-likeness (QED) is 0.724. The van der Waals surface area contributed by atoms with Crippen molar-refractivity contribution < 1.29 is 4.79 Å². The van der Waals surface area contributed by atoms with Crippen molar-refractivity contribution in [1.29, 1.82) is 0 Å². The lowest BCUT2D eigenvalue weighted by atomic mass is 9.94. The molecule has 0 amide bonds. The Morgan fingerprint density at radius 3 is 2.54 bits per heavy atom. The van der Waals surface area contributed by atoms with E-state index in [1.165, 1.54) is 32.1 Å². The van der Waals surface area contributed by atoms with E-state index in [0.29, 0.717) is 18.5 Å². The molecule has 1 unspecified atom stereocenters. The Morgan fingerprint density at radius 2 is 2.00 bits per heavy atom. The standard InChI is InChI=1S/C11H21NO/c1-9(8-10(2)13)12-11-6-4-3-5-7-11/h9,11-12H,3-8H2,1-2H3. The molecule has 2 heteroatoms. The zero-order valence-corrected chi connectivity index (χ0v) is 8.81. The van der Waals surface area contributed by atoms with Crippen molar-refractivity contribution >= 4 is 5.78 Å². The van der Waals surface area contributed by atoms with Crippen molar-refractivity contribution in [3.63, 3.8) is 0 Å². The van der Waals surface area contributed by atoms with Crippen LogP contribution in [0.4, 0.5) is 0 Å². The molecule has 1 N–H and O–H groups in total. The fourth-order valence-electron chi connectivity index (χ4n) is 2.16. The molecule has 0 aromatic carbocycles. The summed E-state index contributed by atoms with van der Waals surface area (Å²) in [6, 6.07) is 1.03. The smallest absolute Gasteiger partial charge is 0.131 e. The minimum Gasteiger partial charge on any atom is -0.311 e. The molecule has 1 aliphatic carbocycles. The molecule has 1 fully saturated rings. The van der Waals surface area contributed by atoms with Crippen molar-refractivity contribution in [1.82, 2.24) is 5.32 Å². The second-order valence-electron chi connectivity index (χ2n) is 4.31. The van der Waals surface area contributed by atoms with Gasteiger partial charge in [-0.15, -0.1) is 0 Å². The summed E-state index contributed by atoms with van der Waals surface area (Å²) in [4.78, 5) is 10.9. The van der Waals surface area contributed by atoms with Gasteiger partial charge in [-0.3, -0.25) is 4.79 Å². The molecule has 0 saturated heterocycles. The molecular weight excluding hydrogens is 162 g/mol. The van der Waals surface area contributed by atoms with E-state index in [1.54, 1.807) is 6.92 Å². The van der Waals surface area contributed by atoms with Crippen LogP contribution in [0.25, 0.3) is 0 Å². The Labute approximate surface area is 81.1 Å². The Bertz CT molecular complexity index is 161. The summed E-state index contributed by atoms with van der Waals surface area (Å²) in [7, 11) is 0. The summed E-state index contributed by atoms with van der Waals surface area (Å²) in [6.07, 6.45) is 7.36. The monoisotopic (exact) mass is 183 g/mol. The zero-order chi connectivity index (χ0) is 9.68. The van der Waals surface area contributed by atoms with Gasteiger partial charge in [0, 0.05) is 18.5 Å². The summed E-state index contributed by atoms with van der Waals surface area (Å²) in [5.41, 5.74) is 0. The summed E-state index contributed by atoms with van der Waals surface area (Å²) in [6.45, 7) is 3.77. The molecular formula is C11H21NO. The fraction of sp³-hybridized carbons (Fsp3) is 0.909. The number of carbonyl (C=O) groups is 1. The molecule has 0 bridgehead atoms. The molecule has 1 aliphatic rings. The number of carbonyl (C=O) groups excluding carboxylic acids is 1. The average molecular weight is 183 g/mol. The number of hydrogen-bond acceptors (Lipinski definition) is 2. The van der Waals surface area contributed by atoms with E-state index < -0.39 is 0 Å². The van der Waals surface area contributed by atoms with Gasteiger partial charge < -0.3 is 5.32 Å². The van der Waals surface area contributed by atoms with Crippen molar-refractivity contribution in [2.75, 3.05) is 0 Å². The second-order valence-corrected chi connectivity index (χ2v) is 4.31. The lowest BCUT2D eigenvalue weighted by Gasteiger charge is -2.26. The van der Waals surface area contributed by atoms with E-state index in [-0.39, 0.29) is 5.78 Å². The molecule has 0 spiro atoms. The number of ketones is 1. The maximum atomic E-state index is 10.9. The predicted octanol–water partition coefficient (Wildman–Crippen LogP) is 2.28. The van der Waals surface area contributed by atoms with Gasteiger partial charge in [-0.05, 0) is 26.7 Å². The van der Waals surface area contributed by atoms with Gasteiger partial charge >= 0.3 is 0 Å². The van der Waals surface area contributed by atoms with Gasteiger partial charge in [0.05, 0.1) is 0 Å². The molecule has 13 heavy (non-hydrogen) atoms. The second kappa shape index (κ2) is 5.38. The van der Waals surface area contributed by atoms with Crippen LogP contribution in [-0.4, -0.2) is 17.9 Å². The van der Waals surface area contributed by atoms with Crippen molar-refractivity contribution in [2.45, 2.75) is 64.5 Å². The van der Waals surface area contributed by atoms with Crippen molar-refractivity contribution in [3.05, 3.63) is 0 Å². The Balaban J connectivity index is 2.18. The maximum Gasteiger partial charge on any atom is 0.131 e. The largest absolute Gasteiger partial charge is 0.311 e. The minimum atomic E-state index is 0.288. The first-order chi connectivity index (χ1) is 6.18. The number of nitrogens with one attached hydrogen (secondary N) is 1. The molecule has 0 aliphatic heterocycles. The van der Waals surface area contributed by atoms with E-state index in [4.69, 9.17) is 0 Å². The van der Waals surface area contributed by atoms with Crippen LogP contribution in [0, 0.1) is 0 Å². The van der Waals surface area contributed by atoms with Gasteiger partial charge in [0.2, 0.25) is 0 Å². The van der Waals surface area contributed by atoms with Crippen LogP contribution in [0.15, 0.2) is 0 Å². The van der Waals surface area contributed by atoms with Crippen LogP contribution < -0.4 is 5.32 Å². The van der Waals surface area contributed by atoms with Crippen molar-refractivity contribution in [3.8, 4) is 0 Å². The highest BCUT2D eigenvalue weighted by atomic mass is 16.1. The lowest BCUT2D eigenvalue weighted by Crippen LogP contribution is -2.38. The highest BCUT2D eigenvalue weighted by molar-refractivity contribution is 5.76.